The van der Waals surface area contributed by atoms with Gasteiger partial charge in [-0.3, -0.25) is 9.69 Å². The second-order valence-electron chi connectivity index (χ2n) is 7.81. The van der Waals surface area contributed by atoms with Gasteiger partial charge in [0.1, 0.15) is 0 Å². The zero-order valence-electron chi connectivity index (χ0n) is 18.3. The van der Waals surface area contributed by atoms with Gasteiger partial charge in [-0.05, 0) is 32.0 Å². The summed E-state index contributed by atoms with van der Waals surface area (Å²) in [6.07, 6.45) is -3.99. The molecule has 0 bridgehead atoms. The van der Waals surface area contributed by atoms with Crippen molar-refractivity contribution in [2.45, 2.75) is 26.1 Å². The molecule has 3 rings (SSSR count). The van der Waals surface area contributed by atoms with E-state index in [-0.39, 0.29) is 5.69 Å². The molecule has 2 aliphatic rings. The van der Waals surface area contributed by atoms with E-state index in [0.717, 1.165) is 31.3 Å². The molecule has 3 amide bonds. The zero-order valence-corrected chi connectivity index (χ0v) is 18.3. The van der Waals surface area contributed by atoms with Gasteiger partial charge in [0, 0.05) is 64.1 Å². The molecule has 1 aromatic rings. The third-order valence-electron chi connectivity index (χ3n) is 5.33. The van der Waals surface area contributed by atoms with Crippen molar-refractivity contribution in [2.75, 3.05) is 57.7 Å². The predicted octanol–water partition coefficient (Wildman–Crippen LogP) is 2.18. The number of alkyl halides is 3. The molecule has 2 aliphatic heterocycles. The van der Waals surface area contributed by atoms with Crippen LogP contribution in [0.15, 0.2) is 18.2 Å². The van der Waals surface area contributed by atoms with Crippen molar-refractivity contribution in [1.82, 2.24) is 20.0 Å². The molecular weight excluding hydrogens is 425 g/mol. The van der Waals surface area contributed by atoms with Gasteiger partial charge in [0.2, 0.25) is 6.41 Å². The van der Waals surface area contributed by atoms with Crippen molar-refractivity contribution in [2.24, 2.45) is 0 Å². The molecule has 0 atom stereocenters. The van der Waals surface area contributed by atoms with E-state index in [1.807, 2.05) is 0 Å². The van der Waals surface area contributed by atoms with Gasteiger partial charge in [0.05, 0.1) is 17.2 Å². The number of nitrogens with one attached hydrogen (secondary N) is 2. The second-order valence-corrected chi connectivity index (χ2v) is 7.81. The quantitative estimate of drug-likeness (QED) is 0.684. The number of carbonyl (C=O) groups excluding carboxylic acids is 2. The SMILES string of the molecule is CC(C)N1CCNCC1.N#Cc1ccc(NC(=O)N2CCN(C=O)CC2)cc1C(F)(F)F. The minimum Gasteiger partial charge on any atom is -0.342 e. The summed E-state index contributed by atoms with van der Waals surface area (Å²) in [5.74, 6) is 0. The maximum absolute atomic E-state index is 12.9. The fourth-order valence-corrected chi connectivity index (χ4v) is 3.39. The molecule has 2 N–H and O–H groups in total. The molecule has 0 spiro atoms. The van der Waals surface area contributed by atoms with Crippen LogP contribution in [-0.2, 0) is 11.0 Å². The molecule has 176 valence electrons. The standard InChI is InChI=1S/C14H13F3N4O2.C7H16N2/c15-14(16,17)12-7-11(2-1-10(12)8-18)19-13(23)21-5-3-20(9-22)4-6-21;1-7(2)9-5-3-8-4-6-9/h1-2,7,9H,3-6H2,(H,19,23);7-8H,3-6H2,1-2H3. The van der Waals surface area contributed by atoms with Gasteiger partial charge in [-0.1, -0.05) is 0 Å². The van der Waals surface area contributed by atoms with E-state index in [1.54, 1.807) is 0 Å². The van der Waals surface area contributed by atoms with E-state index in [4.69, 9.17) is 5.26 Å². The number of anilines is 1. The minimum absolute atomic E-state index is 0.0425. The molecule has 2 saturated heterocycles. The smallest absolute Gasteiger partial charge is 0.342 e. The number of halogens is 3. The lowest BCUT2D eigenvalue weighted by atomic mass is 10.1. The number of benzene rings is 1. The highest BCUT2D eigenvalue weighted by molar-refractivity contribution is 5.89. The third kappa shape index (κ3) is 7.39. The number of hydrogen-bond donors (Lipinski definition) is 2. The van der Waals surface area contributed by atoms with Gasteiger partial charge in [0.15, 0.2) is 0 Å². The molecule has 2 fully saturated rings. The maximum Gasteiger partial charge on any atom is 0.417 e. The topological polar surface area (TPSA) is 91.7 Å². The normalized spacial score (nSPS) is 17.3. The Balaban J connectivity index is 0.000000336. The molecule has 0 aliphatic carbocycles. The Morgan fingerprint density at radius 1 is 1.16 bits per heavy atom. The van der Waals surface area contributed by atoms with Gasteiger partial charge < -0.3 is 20.4 Å². The van der Waals surface area contributed by atoms with Crippen LogP contribution in [0.4, 0.5) is 23.7 Å². The van der Waals surface area contributed by atoms with Crippen LogP contribution in [0, 0.1) is 11.3 Å². The van der Waals surface area contributed by atoms with Crippen molar-refractivity contribution in [1.29, 1.82) is 5.26 Å². The average molecular weight is 454 g/mol. The number of rotatable bonds is 3. The molecule has 11 heteroatoms. The van der Waals surface area contributed by atoms with Crippen molar-refractivity contribution < 1.29 is 22.8 Å². The highest BCUT2D eigenvalue weighted by Gasteiger charge is 2.34. The molecule has 0 saturated carbocycles. The number of hydrogen-bond acceptors (Lipinski definition) is 5. The summed E-state index contributed by atoms with van der Waals surface area (Å²) in [5.41, 5.74) is -1.64. The Kier molecular flexibility index (Phi) is 9.28. The number of amides is 3. The fourth-order valence-electron chi connectivity index (χ4n) is 3.39. The average Bonchev–Trinajstić information content (AvgIpc) is 2.79. The number of piperazine rings is 2. The summed E-state index contributed by atoms with van der Waals surface area (Å²) in [6.45, 7) is 10.6. The number of carbonyl (C=O) groups is 2. The monoisotopic (exact) mass is 454 g/mol. The Hall–Kier alpha value is -2.84. The summed E-state index contributed by atoms with van der Waals surface area (Å²) in [4.78, 5) is 28.0. The summed E-state index contributed by atoms with van der Waals surface area (Å²) in [7, 11) is 0. The molecule has 0 radical (unpaired) electrons. The van der Waals surface area contributed by atoms with Crippen molar-refractivity contribution >= 4 is 18.1 Å². The van der Waals surface area contributed by atoms with E-state index in [2.05, 4.69) is 29.4 Å². The first-order valence-corrected chi connectivity index (χ1v) is 10.5. The molecule has 0 aromatic heterocycles. The van der Waals surface area contributed by atoms with Gasteiger partial charge in [-0.2, -0.15) is 18.4 Å². The summed E-state index contributed by atoms with van der Waals surface area (Å²) < 4.78 is 38.6. The van der Waals surface area contributed by atoms with Gasteiger partial charge in [0.25, 0.3) is 0 Å². The lowest BCUT2D eigenvalue weighted by Crippen LogP contribution is -2.49. The number of nitriles is 1. The van der Waals surface area contributed by atoms with Gasteiger partial charge in [-0.15, -0.1) is 0 Å². The third-order valence-corrected chi connectivity index (χ3v) is 5.33. The lowest BCUT2D eigenvalue weighted by Gasteiger charge is -2.32. The van der Waals surface area contributed by atoms with Crippen LogP contribution in [0.5, 0.6) is 0 Å². The molecule has 8 nitrogen and oxygen atoms in total. The van der Waals surface area contributed by atoms with Gasteiger partial charge in [-0.25, -0.2) is 4.79 Å². The van der Waals surface area contributed by atoms with E-state index in [0.29, 0.717) is 32.6 Å². The molecule has 0 unspecified atom stereocenters. The largest absolute Gasteiger partial charge is 0.417 e. The first kappa shape index (κ1) is 25.4. The van der Waals surface area contributed by atoms with Gasteiger partial charge >= 0.3 is 12.2 Å². The van der Waals surface area contributed by atoms with Crippen molar-refractivity contribution in [3.63, 3.8) is 0 Å². The van der Waals surface area contributed by atoms with Crippen molar-refractivity contribution in [3.8, 4) is 6.07 Å². The summed E-state index contributed by atoms with van der Waals surface area (Å²) >= 11 is 0. The van der Waals surface area contributed by atoms with Crippen LogP contribution in [0.3, 0.4) is 0 Å². The Labute approximate surface area is 185 Å². The molecule has 2 heterocycles. The highest BCUT2D eigenvalue weighted by atomic mass is 19.4. The zero-order chi connectivity index (χ0) is 23.7. The van der Waals surface area contributed by atoms with Crippen LogP contribution in [0.2, 0.25) is 0 Å². The van der Waals surface area contributed by atoms with E-state index >= 15 is 0 Å². The van der Waals surface area contributed by atoms with E-state index in [1.165, 1.54) is 35.0 Å². The molecular formula is C21H29F3N6O2. The lowest BCUT2D eigenvalue weighted by molar-refractivity contribution is -0.137. The van der Waals surface area contributed by atoms with Crippen LogP contribution in [0.1, 0.15) is 25.0 Å². The Bertz CT molecular complexity index is 811. The number of nitrogens with zero attached hydrogens (tertiary/aromatic N) is 4. The minimum atomic E-state index is -4.68. The van der Waals surface area contributed by atoms with E-state index in [9.17, 15) is 22.8 Å². The predicted molar refractivity (Wildman–Crippen MR) is 114 cm³/mol. The number of urea groups is 1. The summed E-state index contributed by atoms with van der Waals surface area (Å²) in [5, 5.41) is 14.4. The second kappa shape index (κ2) is 11.7. The molecule has 32 heavy (non-hydrogen) atoms. The highest BCUT2D eigenvalue weighted by Crippen LogP contribution is 2.33. The molecule has 1 aromatic carbocycles. The van der Waals surface area contributed by atoms with Crippen molar-refractivity contribution in [3.05, 3.63) is 29.3 Å². The Morgan fingerprint density at radius 2 is 1.78 bits per heavy atom. The van der Waals surface area contributed by atoms with Crippen LogP contribution in [0.25, 0.3) is 0 Å². The summed E-state index contributed by atoms with van der Waals surface area (Å²) in [6, 6.07) is 4.65. The Morgan fingerprint density at radius 3 is 2.25 bits per heavy atom. The first-order chi connectivity index (χ1) is 15.2. The van der Waals surface area contributed by atoms with Crippen LogP contribution >= 0.6 is 0 Å². The fraction of sp³-hybridized carbons (Fsp3) is 0.571. The maximum atomic E-state index is 12.9. The van der Waals surface area contributed by atoms with E-state index < -0.39 is 23.3 Å². The van der Waals surface area contributed by atoms with Crippen LogP contribution < -0.4 is 10.6 Å². The first-order valence-electron chi connectivity index (χ1n) is 10.5. The van der Waals surface area contributed by atoms with Crippen LogP contribution in [-0.4, -0.2) is 85.5 Å².